The highest BCUT2D eigenvalue weighted by Crippen LogP contribution is 2.47. The lowest BCUT2D eigenvalue weighted by atomic mass is 9.95. The number of fused-ring (bicyclic) bond motifs is 15. The minimum Gasteiger partial charge on any atom is -0.309 e. The molecule has 0 spiro atoms. The van der Waals surface area contributed by atoms with Crippen molar-refractivity contribution in [1.29, 1.82) is 10.8 Å². The summed E-state index contributed by atoms with van der Waals surface area (Å²) in [5.41, 5.74) is 11.5. The van der Waals surface area contributed by atoms with Gasteiger partial charge in [-0.1, -0.05) is 133 Å². The van der Waals surface area contributed by atoms with Crippen molar-refractivity contribution in [2.75, 3.05) is 0 Å². The lowest BCUT2D eigenvalue weighted by molar-refractivity contribution is 1.18. The molecule has 0 aliphatic carbocycles. The number of para-hydroxylation sites is 4. The normalized spacial score (nSPS) is 12.2. The maximum atomic E-state index is 10.3. The number of benzene rings is 9. The molecule has 2 N–H and O–H groups in total. The molecule has 59 heavy (non-hydrogen) atoms. The molecule has 5 heteroatoms. The number of nitrogens with one attached hydrogen (secondary N) is 2. The highest BCUT2D eigenvalue weighted by atomic mass is 15.0. The Hall–Kier alpha value is -8.02. The Morgan fingerprint density at radius 1 is 0.373 bits per heavy atom. The number of nitrogens with zero attached hydrogens (tertiary/aromatic N) is 3. The van der Waals surface area contributed by atoms with Gasteiger partial charge in [0.25, 0.3) is 0 Å². The molecule has 0 aliphatic rings. The predicted molar refractivity (Wildman–Crippen MR) is 247 cm³/mol. The molecular weight excluding hydrogens is 719 g/mol. The van der Waals surface area contributed by atoms with E-state index in [1.807, 2.05) is 30.3 Å². The lowest BCUT2D eigenvalue weighted by Gasteiger charge is -2.15. The smallest absolute Gasteiger partial charge is 0.137 e. The number of hydrogen-bond donors (Lipinski definition) is 2. The molecule has 4 heterocycles. The molecule has 0 saturated carbocycles. The molecule has 274 valence electrons. The fourth-order valence-corrected chi connectivity index (χ4v) is 10.2. The summed E-state index contributed by atoms with van der Waals surface area (Å²) >= 11 is 0. The fraction of sp³-hybridized carbons (Fsp3) is 0. The summed E-state index contributed by atoms with van der Waals surface area (Å²) in [6, 6.07) is 65.9. The minimum atomic E-state index is 0.337. The van der Waals surface area contributed by atoms with Gasteiger partial charge in [0, 0.05) is 65.5 Å². The van der Waals surface area contributed by atoms with Gasteiger partial charge in [0.05, 0.1) is 44.3 Å². The summed E-state index contributed by atoms with van der Waals surface area (Å²) < 4.78 is 6.87. The van der Waals surface area contributed by atoms with Gasteiger partial charge in [-0.2, -0.15) is 0 Å². The second-order valence-electron chi connectivity index (χ2n) is 15.6. The Kier molecular flexibility index (Phi) is 6.40. The largest absolute Gasteiger partial charge is 0.309 e. The standard InChI is InChI=1S/C54H33N5/c55-52(33-27-28-46-41(30-33)36-18-8-11-23-43(36)57(46)34-15-2-1-3-16-34)38-20-6-7-21-39(38)54(56)59-47-29-26-32-14-4-5-17-35(32)49(47)51-48(59)31-42-37-19-9-12-24-44(37)58-45-25-13-10-22-40(45)50(51)53(42)58/h1-31,55-56H. The van der Waals surface area contributed by atoms with Gasteiger partial charge in [0.1, 0.15) is 5.84 Å². The Labute approximate surface area is 337 Å². The molecule has 0 atom stereocenters. The zero-order chi connectivity index (χ0) is 38.9. The first kappa shape index (κ1) is 32.1. The first-order chi connectivity index (χ1) is 29.2. The monoisotopic (exact) mass is 751 g/mol. The highest BCUT2D eigenvalue weighted by Gasteiger charge is 2.27. The van der Waals surface area contributed by atoms with Crippen molar-refractivity contribution in [2.45, 2.75) is 0 Å². The van der Waals surface area contributed by atoms with E-state index < -0.39 is 0 Å². The molecule has 4 aromatic heterocycles. The molecule has 9 aromatic carbocycles. The Morgan fingerprint density at radius 3 is 1.76 bits per heavy atom. The van der Waals surface area contributed by atoms with E-state index in [0.29, 0.717) is 22.7 Å². The summed E-state index contributed by atoms with van der Waals surface area (Å²) in [4.78, 5) is 0. The Bertz CT molecular complexity index is 3930. The van der Waals surface area contributed by atoms with Crippen molar-refractivity contribution in [3.05, 3.63) is 205 Å². The molecule has 13 aromatic rings. The second-order valence-corrected chi connectivity index (χ2v) is 15.6. The summed E-state index contributed by atoms with van der Waals surface area (Å²) in [7, 11) is 0. The molecule has 0 aliphatic heterocycles. The summed E-state index contributed by atoms with van der Waals surface area (Å²) in [6.45, 7) is 0. The van der Waals surface area contributed by atoms with E-state index in [1.165, 1.54) is 38.1 Å². The minimum absolute atomic E-state index is 0.337. The van der Waals surface area contributed by atoms with Gasteiger partial charge in [-0.15, -0.1) is 0 Å². The Balaban J connectivity index is 1.07. The van der Waals surface area contributed by atoms with Crippen molar-refractivity contribution >= 4 is 104 Å². The SMILES string of the molecule is N=C(c1ccc2c(c1)c1ccccc1n2-c1ccccc1)c1ccccc1C(=N)n1c2ccc3ccccc3c2c2c3c4ccccc4n4c5ccccc5c(cc21)c34. The van der Waals surface area contributed by atoms with E-state index in [2.05, 4.69) is 171 Å². The number of aromatic nitrogens is 3. The van der Waals surface area contributed by atoms with Gasteiger partial charge in [0.15, 0.2) is 0 Å². The predicted octanol–water partition coefficient (Wildman–Crippen LogP) is 13.5. The average Bonchev–Trinajstić information content (AvgIpc) is 4.02. The quantitative estimate of drug-likeness (QED) is 0.133. The fourth-order valence-electron chi connectivity index (χ4n) is 10.2. The Morgan fingerprint density at radius 2 is 0.966 bits per heavy atom. The second kappa shape index (κ2) is 11.8. The van der Waals surface area contributed by atoms with Crippen molar-refractivity contribution in [2.24, 2.45) is 0 Å². The van der Waals surface area contributed by atoms with E-state index >= 15 is 0 Å². The molecular formula is C54H33N5. The van der Waals surface area contributed by atoms with Gasteiger partial charge in [-0.25, -0.2) is 0 Å². The van der Waals surface area contributed by atoms with Crippen LogP contribution in [0.25, 0.3) is 98.2 Å². The van der Waals surface area contributed by atoms with Crippen molar-refractivity contribution in [3.8, 4) is 5.69 Å². The third-order valence-corrected chi connectivity index (χ3v) is 12.6. The number of hydrogen-bond acceptors (Lipinski definition) is 2. The molecule has 0 amide bonds. The maximum Gasteiger partial charge on any atom is 0.137 e. The van der Waals surface area contributed by atoms with Gasteiger partial charge >= 0.3 is 0 Å². The van der Waals surface area contributed by atoms with Crippen LogP contribution in [-0.2, 0) is 0 Å². The topological polar surface area (TPSA) is 62.0 Å². The van der Waals surface area contributed by atoms with E-state index in [0.717, 1.165) is 65.6 Å². The first-order valence-electron chi connectivity index (χ1n) is 20.0. The lowest BCUT2D eigenvalue weighted by Crippen LogP contribution is -2.17. The molecule has 0 bridgehead atoms. The van der Waals surface area contributed by atoms with Crippen molar-refractivity contribution < 1.29 is 0 Å². The van der Waals surface area contributed by atoms with Gasteiger partial charge < -0.3 is 8.97 Å². The third-order valence-electron chi connectivity index (χ3n) is 12.6. The van der Waals surface area contributed by atoms with E-state index in [9.17, 15) is 10.8 Å². The van der Waals surface area contributed by atoms with E-state index in [-0.39, 0.29) is 0 Å². The van der Waals surface area contributed by atoms with Crippen LogP contribution < -0.4 is 0 Å². The van der Waals surface area contributed by atoms with Crippen LogP contribution in [0.1, 0.15) is 16.7 Å². The van der Waals surface area contributed by atoms with Gasteiger partial charge in [0.2, 0.25) is 0 Å². The number of rotatable bonds is 4. The van der Waals surface area contributed by atoms with Crippen molar-refractivity contribution in [3.63, 3.8) is 0 Å². The summed E-state index contributed by atoms with van der Waals surface area (Å²) in [5, 5.41) is 31.7. The van der Waals surface area contributed by atoms with E-state index in [4.69, 9.17) is 0 Å². The third kappa shape index (κ3) is 4.23. The zero-order valence-corrected chi connectivity index (χ0v) is 31.7. The maximum absolute atomic E-state index is 10.3. The first-order valence-corrected chi connectivity index (χ1v) is 20.0. The molecule has 5 nitrogen and oxygen atoms in total. The zero-order valence-electron chi connectivity index (χ0n) is 31.7. The molecule has 0 fully saturated rings. The van der Waals surface area contributed by atoms with Crippen LogP contribution in [0.5, 0.6) is 0 Å². The summed E-state index contributed by atoms with van der Waals surface area (Å²) in [6.07, 6.45) is 0. The van der Waals surface area contributed by atoms with Crippen LogP contribution >= 0.6 is 0 Å². The van der Waals surface area contributed by atoms with Crippen LogP contribution in [0.15, 0.2) is 188 Å². The van der Waals surface area contributed by atoms with Gasteiger partial charge in [-0.05, 0) is 65.4 Å². The highest BCUT2D eigenvalue weighted by molar-refractivity contribution is 6.39. The molecule has 13 rings (SSSR count). The van der Waals surface area contributed by atoms with Gasteiger partial charge in [-0.3, -0.25) is 15.4 Å². The van der Waals surface area contributed by atoms with Crippen molar-refractivity contribution in [1.82, 2.24) is 13.5 Å². The molecule has 0 saturated heterocycles. The van der Waals surface area contributed by atoms with Crippen LogP contribution in [0.4, 0.5) is 0 Å². The van der Waals surface area contributed by atoms with Crippen LogP contribution in [0.3, 0.4) is 0 Å². The van der Waals surface area contributed by atoms with E-state index in [1.54, 1.807) is 0 Å². The molecule has 0 radical (unpaired) electrons. The van der Waals surface area contributed by atoms with Crippen LogP contribution in [0.2, 0.25) is 0 Å². The van der Waals surface area contributed by atoms with Crippen LogP contribution in [0, 0.1) is 10.8 Å². The summed E-state index contributed by atoms with van der Waals surface area (Å²) in [5.74, 6) is 0.337. The average molecular weight is 752 g/mol. The molecule has 0 unspecified atom stereocenters. The van der Waals surface area contributed by atoms with Crippen LogP contribution in [-0.4, -0.2) is 25.1 Å².